The summed E-state index contributed by atoms with van der Waals surface area (Å²) >= 11 is 0. The topological polar surface area (TPSA) is 84.9 Å². The Kier molecular flexibility index (Phi) is 7.02. The summed E-state index contributed by atoms with van der Waals surface area (Å²) in [4.78, 5) is 23.0. The second-order valence-electron chi connectivity index (χ2n) is 5.84. The number of carboxylic acid groups (broad SMARTS) is 1. The second-order valence-corrected chi connectivity index (χ2v) is 5.84. The van der Waals surface area contributed by atoms with Crippen LogP contribution in [0.4, 0.5) is 5.69 Å². The zero-order valence-electron chi connectivity index (χ0n) is 15.0. The van der Waals surface area contributed by atoms with Crippen LogP contribution in [0.15, 0.2) is 42.5 Å². The molecule has 0 unspecified atom stereocenters. The number of carboxylic acids is 1. The number of carbonyl (C=O) groups is 2. The summed E-state index contributed by atoms with van der Waals surface area (Å²) in [7, 11) is 0. The molecule has 0 aromatic heterocycles. The number of amides is 1. The largest absolute Gasteiger partial charge is 0.494 e. The summed E-state index contributed by atoms with van der Waals surface area (Å²) in [6, 6.07) is 11.9. The Morgan fingerprint density at radius 2 is 1.85 bits per heavy atom. The van der Waals surface area contributed by atoms with E-state index >= 15 is 0 Å². The quantitative estimate of drug-likeness (QED) is 0.665. The predicted molar refractivity (Wildman–Crippen MR) is 99.1 cm³/mol. The Balaban J connectivity index is 2.03. The van der Waals surface area contributed by atoms with Crippen LogP contribution in [0, 0.1) is 6.92 Å². The first-order valence-electron chi connectivity index (χ1n) is 8.49. The standard InChI is InChI=1S/C20H23NO5/c1-3-4-10-25-17-8-9-18(14(2)11-17)21-20(24)15-6-5-7-16(12-15)26-13-19(22)23/h5-9,11-12H,3-4,10,13H2,1-2H3,(H,21,24)(H,22,23). The van der Waals surface area contributed by atoms with Gasteiger partial charge in [0.05, 0.1) is 6.61 Å². The molecule has 0 radical (unpaired) electrons. The Morgan fingerprint density at radius 3 is 2.54 bits per heavy atom. The zero-order chi connectivity index (χ0) is 18.9. The van der Waals surface area contributed by atoms with Crippen molar-refractivity contribution >= 4 is 17.6 Å². The fourth-order valence-electron chi connectivity index (χ4n) is 2.27. The summed E-state index contributed by atoms with van der Waals surface area (Å²) in [5, 5.41) is 11.5. The molecule has 0 saturated heterocycles. The molecule has 138 valence electrons. The molecule has 0 bridgehead atoms. The van der Waals surface area contributed by atoms with Crippen molar-refractivity contribution in [3.8, 4) is 11.5 Å². The highest BCUT2D eigenvalue weighted by molar-refractivity contribution is 6.04. The monoisotopic (exact) mass is 357 g/mol. The minimum absolute atomic E-state index is 0.298. The van der Waals surface area contributed by atoms with E-state index < -0.39 is 12.6 Å². The Hall–Kier alpha value is -3.02. The van der Waals surface area contributed by atoms with Crippen molar-refractivity contribution in [1.29, 1.82) is 0 Å². The summed E-state index contributed by atoms with van der Waals surface area (Å²) in [5.74, 6) is -0.264. The molecule has 0 aliphatic carbocycles. The van der Waals surface area contributed by atoms with Crippen molar-refractivity contribution in [3.05, 3.63) is 53.6 Å². The second kappa shape index (κ2) is 9.46. The van der Waals surface area contributed by atoms with E-state index in [1.807, 2.05) is 19.1 Å². The third-order valence-electron chi connectivity index (χ3n) is 3.67. The molecule has 26 heavy (non-hydrogen) atoms. The summed E-state index contributed by atoms with van der Waals surface area (Å²) in [6.45, 7) is 4.22. The molecule has 2 aromatic rings. The molecule has 2 rings (SSSR count). The molecule has 0 atom stereocenters. The first-order valence-corrected chi connectivity index (χ1v) is 8.49. The molecule has 0 heterocycles. The van der Waals surface area contributed by atoms with E-state index in [-0.39, 0.29) is 5.91 Å². The van der Waals surface area contributed by atoms with Crippen LogP contribution in [0.5, 0.6) is 11.5 Å². The van der Waals surface area contributed by atoms with Crippen LogP contribution in [-0.2, 0) is 4.79 Å². The maximum Gasteiger partial charge on any atom is 0.341 e. The van der Waals surface area contributed by atoms with Crippen LogP contribution in [-0.4, -0.2) is 30.2 Å². The van der Waals surface area contributed by atoms with Crippen LogP contribution in [0.2, 0.25) is 0 Å². The van der Waals surface area contributed by atoms with Crippen molar-refractivity contribution in [3.63, 3.8) is 0 Å². The number of nitrogens with one attached hydrogen (secondary N) is 1. The number of ether oxygens (including phenoxy) is 2. The average molecular weight is 357 g/mol. The lowest BCUT2D eigenvalue weighted by atomic mass is 10.1. The SMILES string of the molecule is CCCCOc1ccc(NC(=O)c2cccc(OCC(=O)O)c2)c(C)c1. The molecule has 0 fully saturated rings. The van der Waals surface area contributed by atoms with E-state index in [4.69, 9.17) is 14.6 Å². The molecule has 1 amide bonds. The Bertz CT molecular complexity index is 773. The number of aliphatic carboxylic acids is 1. The molecule has 2 aromatic carbocycles. The van der Waals surface area contributed by atoms with Crippen LogP contribution in [0.25, 0.3) is 0 Å². The number of unbranched alkanes of at least 4 members (excludes halogenated alkanes) is 1. The number of hydrogen-bond donors (Lipinski definition) is 2. The smallest absolute Gasteiger partial charge is 0.341 e. The Labute approximate surface area is 152 Å². The predicted octanol–water partition coefficient (Wildman–Crippen LogP) is 3.89. The van der Waals surface area contributed by atoms with Gasteiger partial charge in [-0.3, -0.25) is 4.79 Å². The van der Waals surface area contributed by atoms with Gasteiger partial charge in [-0.05, 0) is 55.3 Å². The maximum absolute atomic E-state index is 12.4. The van der Waals surface area contributed by atoms with Crippen LogP contribution >= 0.6 is 0 Å². The van der Waals surface area contributed by atoms with Gasteiger partial charge in [-0.25, -0.2) is 4.79 Å². The van der Waals surface area contributed by atoms with E-state index in [1.54, 1.807) is 24.3 Å². The lowest BCUT2D eigenvalue weighted by Gasteiger charge is -2.12. The van der Waals surface area contributed by atoms with Gasteiger partial charge in [-0.15, -0.1) is 0 Å². The van der Waals surface area contributed by atoms with E-state index in [0.717, 1.165) is 24.2 Å². The zero-order valence-corrected chi connectivity index (χ0v) is 15.0. The minimum atomic E-state index is -1.07. The number of aryl methyl sites for hydroxylation is 1. The fraction of sp³-hybridized carbons (Fsp3) is 0.300. The molecule has 2 N–H and O–H groups in total. The van der Waals surface area contributed by atoms with E-state index in [0.29, 0.717) is 23.6 Å². The van der Waals surface area contributed by atoms with Crippen molar-refractivity contribution in [2.45, 2.75) is 26.7 Å². The van der Waals surface area contributed by atoms with Crippen molar-refractivity contribution in [1.82, 2.24) is 0 Å². The number of carbonyl (C=O) groups excluding carboxylic acids is 1. The third kappa shape index (κ3) is 5.81. The molecular weight excluding hydrogens is 334 g/mol. The summed E-state index contributed by atoms with van der Waals surface area (Å²) in [6.07, 6.45) is 2.07. The van der Waals surface area contributed by atoms with Gasteiger partial charge in [0.15, 0.2) is 6.61 Å². The molecule has 0 spiro atoms. The van der Waals surface area contributed by atoms with Gasteiger partial charge in [0, 0.05) is 11.3 Å². The van der Waals surface area contributed by atoms with Crippen molar-refractivity contribution < 1.29 is 24.2 Å². The summed E-state index contributed by atoms with van der Waals surface area (Å²) in [5.41, 5.74) is 1.97. The van der Waals surface area contributed by atoms with Crippen LogP contribution < -0.4 is 14.8 Å². The number of hydrogen-bond acceptors (Lipinski definition) is 4. The van der Waals surface area contributed by atoms with Gasteiger partial charge < -0.3 is 19.9 Å². The maximum atomic E-state index is 12.4. The van der Waals surface area contributed by atoms with Crippen molar-refractivity contribution in [2.75, 3.05) is 18.5 Å². The summed E-state index contributed by atoms with van der Waals surface area (Å²) < 4.78 is 10.8. The van der Waals surface area contributed by atoms with Crippen LogP contribution in [0.3, 0.4) is 0 Å². The molecule has 0 aliphatic rings. The molecule has 6 nitrogen and oxygen atoms in total. The van der Waals surface area contributed by atoms with E-state index in [9.17, 15) is 9.59 Å². The molecular formula is C20H23NO5. The number of anilines is 1. The number of benzene rings is 2. The molecule has 6 heteroatoms. The van der Waals surface area contributed by atoms with Gasteiger partial charge in [-0.1, -0.05) is 19.4 Å². The van der Waals surface area contributed by atoms with Gasteiger partial charge >= 0.3 is 5.97 Å². The van der Waals surface area contributed by atoms with E-state index in [1.165, 1.54) is 6.07 Å². The first-order chi connectivity index (χ1) is 12.5. The minimum Gasteiger partial charge on any atom is -0.494 e. The highest BCUT2D eigenvalue weighted by atomic mass is 16.5. The van der Waals surface area contributed by atoms with Gasteiger partial charge in [0.25, 0.3) is 5.91 Å². The first kappa shape index (κ1) is 19.3. The number of rotatable bonds is 9. The highest BCUT2D eigenvalue weighted by Crippen LogP contribution is 2.23. The molecule has 0 aliphatic heterocycles. The fourth-order valence-corrected chi connectivity index (χ4v) is 2.27. The van der Waals surface area contributed by atoms with Crippen molar-refractivity contribution in [2.24, 2.45) is 0 Å². The normalized spacial score (nSPS) is 10.2. The van der Waals surface area contributed by atoms with Gasteiger partial charge in [-0.2, -0.15) is 0 Å². The van der Waals surface area contributed by atoms with E-state index in [2.05, 4.69) is 12.2 Å². The van der Waals surface area contributed by atoms with Gasteiger partial charge in [0.2, 0.25) is 0 Å². The highest BCUT2D eigenvalue weighted by Gasteiger charge is 2.10. The average Bonchev–Trinajstić information content (AvgIpc) is 2.62. The van der Waals surface area contributed by atoms with Gasteiger partial charge in [0.1, 0.15) is 11.5 Å². The lowest BCUT2D eigenvalue weighted by molar-refractivity contribution is -0.139. The third-order valence-corrected chi connectivity index (χ3v) is 3.67. The van der Waals surface area contributed by atoms with Crippen LogP contribution in [0.1, 0.15) is 35.7 Å². The molecule has 0 saturated carbocycles. The Morgan fingerprint density at radius 1 is 1.08 bits per heavy atom. The lowest BCUT2D eigenvalue weighted by Crippen LogP contribution is -2.14.